The van der Waals surface area contributed by atoms with E-state index in [4.69, 9.17) is 4.74 Å². The smallest absolute Gasteiger partial charge is 0.320 e. The van der Waals surface area contributed by atoms with E-state index in [-0.39, 0.29) is 12.1 Å². The van der Waals surface area contributed by atoms with E-state index in [1.807, 2.05) is 43.3 Å². The third kappa shape index (κ3) is 5.23. The summed E-state index contributed by atoms with van der Waals surface area (Å²) in [4.78, 5) is 22.0. The number of nitrogens with one attached hydrogen (secondary N) is 2. The summed E-state index contributed by atoms with van der Waals surface area (Å²) >= 11 is 0. The number of amides is 2. The zero-order chi connectivity index (χ0) is 16.7. The molecule has 2 N–H and O–H groups in total. The number of rotatable bonds is 6. The molecule has 0 saturated heterocycles. The van der Waals surface area contributed by atoms with Crippen molar-refractivity contribution in [1.29, 1.82) is 0 Å². The van der Waals surface area contributed by atoms with Gasteiger partial charge in [0.25, 0.3) is 0 Å². The van der Waals surface area contributed by atoms with E-state index >= 15 is 0 Å². The summed E-state index contributed by atoms with van der Waals surface area (Å²) in [5.74, 6) is 1.23. The normalized spacial score (nSPS) is 11.8. The Bertz CT molecular complexity index is 616. The van der Waals surface area contributed by atoms with Crippen LogP contribution in [-0.2, 0) is 0 Å². The molecule has 0 aliphatic rings. The standard InChI is InChI=1S/C16H21N5O2/c1-21(2)10-14(12-4-6-13(23-3)7-5-12)19-16(22)20-15-8-9-17-11-18-15/h4-9,11,14H,10H2,1-3H3,(H2,17,18,19,20,22). The molecule has 0 aliphatic carbocycles. The highest BCUT2D eigenvalue weighted by Crippen LogP contribution is 2.18. The van der Waals surface area contributed by atoms with Gasteiger partial charge in [-0.05, 0) is 37.9 Å². The number of benzene rings is 1. The number of anilines is 1. The van der Waals surface area contributed by atoms with Crippen LogP contribution in [0.25, 0.3) is 0 Å². The maximum Gasteiger partial charge on any atom is 0.320 e. The van der Waals surface area contributed by atoms with Crippen molar-refractivity contribution in [3.63, 3.8) is 0 Å². The number of carbonyl (C=O) groups is 1. The van der Waals surface area contributed by atoms with Crippen LogP contribution in [0.5, 0.6) is 5.75 Å². The van der Waals surface area contributed by atoms with Crippen LogP contribution in [0.4, 0.5) is 10.6 Å². The van der Waals surface area contributed by atoms with Crippen molar-refractivity contribution < 1.29 is 9.53 Å². The minimum absolute atomic E-state index is 0.155. The summed E-state index contributed by atoms with van der Waals surface area (Å²) in [5.41, 5.74) is 0.998. The fourth-order valence-corrected chi connectivity index (χ4v) is 2.11. The second-order valence-electron chi connectivity index (χ2n) is 5.28. The molecule has 0 radical (unpaired) electrons. The van der Waals surface area contributed by atoms with Crippen LogP contribution in [0, 0.1) is 0 Å². The van der Waals surface area contributed by atoms with Gasteiger partial charge in [0, 0.05) is 12.7 Å². The molecule has 1 aromatic heterocycles. The third-order valence-electron chi connectivity index (χ3n) is 3.19. The highest BCUT2D eigenvalue weighted by atomic mass is 16.5. The van der Waals surface area contributed by atoms with Gasteiger partial charge >= 0.3 is 6.03 Å². The summed E-state index contributed by atoms with van der Waals surface area (Å²) < 4.78 is 5.17. The number of urea groups is 1. The van der Waals surface area contributed by atoms with Gasteiger partial charge in [0.05, 0.1) is 13.2 Å². The lowest BCUT2D eigenvalue weighted by molar-refractivity contribution is 0.244. The minimum Gasteiger partial charge on any atom is -0.497 e. The molecule has 0 spiro atoms. The van der Waals surface area contributed by atoms with Crippen LogP contribution in [0.2, 0.25) is 0 Å². The van der Waals surface area contributed by atoms with Crippen LogP contribution in [0.3, 0.4) is 0 Å². The average molecular weight is 315 g/mol. The number of likely N-dealkylation sites (N-methyl/N-ethyl adjacent to an activating group) is 1. The minimum atomic E-state index is -0.314. The number of hydrogen-bond acceptors (Lipinski definition) is 5. The van der Waals surface area contributed by atoms with Crippen LogP contribution in [-0.4, -0.2) is 48.6 Å². The van der Waals surface area contributed by atoms with Crippen LogP contribution in [0.15, 0.2) is 42.9 Å². The molecule has 0 bridgehead atoms. The van der Waals surface area contributed by atoms with Crippen molar-refractivity contribution in [3.05, 3.63) is 48.4 Å². The first-order valence-electron chi connectivity index (χ1n) is 7.20. The number of ether oxygens (including phenoxy) is 1. The van der Waals surface area contributed by atoms with Crippen molar-refractivity contribution >= 4 is 11.8 Å². The number of nitrogens with zero attached hydrogens (tertiary/aromatic N) is 3. The Morgan fingerprint density at radius 2 is 2.00 bits per heavy atom. The van der Waals surface area contributed by atoms with E-state index in [2.05, 4.69) is 20.6 Å². The molecule has 2 aromatic rings. The van der Waals surface area contributed by atoms with Gasteiger partial charge in [-0.1, -0.05) is 12.1 Å². The van der Waals surface area contributed by atoms with E-state index < -0.39 is 0 Å². The zero-order valence-corrected chi connectivity index (χ0v) is 13.5. The van der Waals surface area contributed by atoms with Gasteiger partial charge in [0.2, 0.25) is 0 Å². The largest absolute Gasteiger partial charge is 0.497 e. The van der Waals surface area contributed by atoms with Gasteiger partial charge in [-0.15, -0.1) is 0 Å². The summed E-state index contributed by atoms with van der Waals surface area (Å²) in [6.45, 7) is 0.670. The first kappa shape index (κ1) is 16.7. The molecule has 7 nitrogen and oxygen atoms in total. The van der Waals surface area contributed by atoms with E-state index in [0.717, 1.165) is 11.3 Å². The Kier molecular flexibility index (Phi) is 5.87. The summed E-state index contributed by atoms with van der Waals surface area (Å²) in [6.07, 6.45) is 2.96. The van der Waals surface area contributed by atoms with Gasteiger partial charge in [-0.25, -0.2) is 14.8 Å². The summed E-state index contributed by atoms with van der Waals surface area (Å²) in [7, 11) is 5.54. The Labute approximate surface area is 135 Å². The molecule has 2 rings (SSSR count). The van der Waals surface area contributed by atoms with Crippen molar-refractivity contribution in [2.75, 3.05) is 33.1 Å². The zero-order valence-electron chi connectivity index (χ0n) is 13.5. The molecular formula is C16H21N5O2. The van der Waals surface area contributed by atoms with E-state index in [1.165, 1.54) is 6.33 Å². The Morgan fingerprint density at radius 3 is 2.57 bits per heavy atom. The van der Waals surface area contributed by atoms with Crippen molar-refractivity contribution in [2.24, 2.45) is 0 Å². The molecule has 7 heteroatoms. The van der Waals surface area contributed by atoms with Crippen LogP contribution in [0.1, 0.15) is 11.6 Å². The summed E-state index contributed by atoms with van der Waals surface area (Å²) in [5, 5.41) is 5.65. The van der Waals surface area contributed by atoms with Gasteiger partial charge in [0.15, 0.2) is 0 Å². The summed E-state index contributed by atoms with van der Waals surface area (Å²) in [6, 6.07) is 8.80. The maximum atomic E-state index is 12.2. The Balaban J connectivity index is 2.06. The van der Waals surface area contributed by atoms with Crippen molar-refractivity contribution in [2.45, 2.75) is 6.04 Å². The third-order valence-corrected chi connectivity index (χ3v) is 3.19. The highest BCUT2D eigenvalue weighted by molar-refractivity contribution is 5.88. The fourth-order valence-electron chi connectivity index (χ4n) is 2.11. The van der Waals surface area contributed by atoms with Crippen molar-refractivity contribution in [3.8, 4) is 5.75 Å². The first-order chi connectivity index (χ1) is 11.1. The van der Waals surface area contributed by atoms with E-state index in [1.54, 1.807) is 19.4 Å². The molecule has 23 heavy (non-hydrogen) atoms. The number of aromatic nitrogens is 2. The molecule has 1 atom stereocenters. The molecule has 1 heterocycles. The molecule has 1 unspecified atom stereocenters. The molecule has 2 amide bonds. The van der Waals surface area contributed by atoms with Crippen LogP contribution < -0.4 is 15.4 Å². The highest BCUT2D eigenvalue weighted by Gasteiger charge is 2.16. The number of methoxy groups -OCH3 is 1. The molecule has 122 valence electrons. The van der Waals surface area contributed by atoms with Gasteiger partial charge in [0.1, 0.15) is 17.9 Å². The number of hydrogen-bond donors (Lipinski definition) is 2. The van der Waals surface area contributed by atoms with Crippen LogP contribution >= 0.6 is 0 Å². The first-order valence-corrected chi connectivity index (χ1v) is 7.20. The second-order valence-corrected chi connectivity index (χ2v) is 5.28. The van der Waals surface area contributed by atoms with Gasteiger partial charge in [-0.3, -0.25) is 5.32 Å². The van der Waals surface area contributed by atoms with Gasteiger partial charge < -0.3 is 15.0 Å². The SMILES string of the molecule is COc1ccc(C(CN(C)C)NC(=O)Nc2ccncn2)cc1. The Morgan fingerprint density at radius 1 is 1.26 bits per heavy atom. The maximum absolute atomic E-state index is 12.2. The molecule has 0 saturated carbocycles. The Hall–Kier alpha value is -2.67. The lowest BCUT2D eigenvalue weighted by Gasteiger charge is -2.23. The predicted molar refractivity (Wildman–Crippen MR) is 88.5 cm³/mol. The lowest BCUT2D eigenvalue weighted by Crippen LogP contribution is -2.37. The molecule has 0 fully saturated rings. The van der Waals surface area contributed by atoms with E-state index in [0.29, 0.717) is 12.4 Å². The monoisotopic (exact) mass is 315 g/mol. The predicted octanol–water partition coefficient (Wildman–Crippen LogP) is 1.91. The van der Waals surface area contributed by atoms with Crippen molar-refractivity contribution in [1.82, 2.24) is 20.2 Å². The van der Waals surface area contributed by atoms with Gasteiger partial charge in [-0.2, -0.15) is 0 Å². The quantitative estimate of drug-likeness (QED) is 0.851. The fraction of sp³-hybridized carbons (Fsp3) is 0.312. The number of carbonyl (C=O) groups excluding carboxylic acids is 1. The topological polar surface area (TPSA) is 79.4 Å². The lowest BCUT2D eigenvalue weighted by atomic mass is 10.1. The second kappa shape index (κ2) is 8.09. The molecular weight excluding hydrogens is 294 g/mol. The molecule has 1 aromatic carbocycles. The average Bonchev–Trinajstić information content (AvgIpc) is 2.55. The molecule has 0 aliphatic heterocycles. The van der Waals surface area contributed by atoms with E-state index in [9.17, 15) is 4.79 Å².